The monoisotopic (exact) mass is 355 g/mol. The van der Waals surface area contributed by atoms with Gasteiger partial charge in [-0.3, -0.25) is 14.9 Å². The second kappa shape index (κ2) is 7.16. The topological polar surface area (TPSA) is 110 Å². The Morgan fingerprint density at radius 2 is 2.17 bits per heavy atom. The van der Waals surface area contributed by atoms with Crippen molar-refractivity contribution in [2.24, 2.45) is 0 Å². The maximum atomic E-state index is 11.9. The number of carbonyl (C=O) groups excluding carboxylic acids is 1. The zero-order valence-corrected chi connectivity index (χ0v) is 14.5. The quantitative estimate of drug-likeness (QED) is 0.633. The van der Waals surface area contributed by atoms with Crippen molar-refractivity contribution in [2.75, 3.05) is 24.2 Å². The van der Waals surface area contributed by atoms with Gasteiger partial charge in [0, 0.05) is 31.8 Å². The van der Waals surface area contributed by atoms with Gasteiger partial charge >= 0.3 is 5.69 Å². The third-order valence-corrected chi connectivity index (χ3v) is 5.14. The van der Waals surface area contributed by atoms with E-state index in [-0.39, 0.29) is 22.5 Å². The van der Waals surface area contributed by atoms with Gasteiger partial charge < -0.3 is 10.2 Å². The molecule has 24 heavy (non-hydrogen) atoms. The van der Waals surface area contributed by atoms with Crippen LogP contribution in [0.15, 0.2) is 23.1 Å². The number of hydrogen-bond donors (Lipinski definition) is 1. The lowest BCUT2D eigenvalue weighted by Crippen LogP contribution is -2.47. The average Bonchev–Trinajstić information content (AvgIpc) is 2.53. The first-order chi connectivity index (χ1) is 11.2. The molecule has 9 heteroatoms. The van der Waals surface area contributed by atoms with Crippen LogP contribution in [0.1, 0.15) is 26.2 Å². The van der Waals surface area contributed by atoms with Crippen molar-refractivity contribution in [2.45, 2.75) is 37.1 Å². The molecule has 1 unspecified atom stereocenters. The van der Waals surface area contributed by atoms with Gasteiger partial charge in [0.25, 0.3) is 0 Å². The molecule has 132 valence electrons. The first-order valence-electron chi connectivity index (χ1n) is 7.75. The molecule has 0 saturated carbocycles. The smallest absolute Gasteiger partial charge is 0.311 e. The highest BCUT2D eigenvalue weighted by atomic mass is 32.2. The highest BCUT2D eigenvalue weighted by Gasteiger charge is 2.31. The van der Waals surface area contributed by atoms with Gasteiger partial charge in [-0.1, -0.05) is 13.0 Å². The molecule has 1 aliphatic heterocycles. The summed E-state index contributed by atoms with van der Waals surface area (Å²) in [4.78, 5) is 23.9. The largest absolute Gasteiger partial charge is 0.364 e. The Kier molecular flexibility index (Phi) is 5.43. The lowest BCUT2D eigenvalue weighted by molar-refractivity contribution is -0.387. The van der Waals surface area contributed by atoms with Crippen molar-refractivity contribution in [3.63, 3.8) is 0 Å². The van der Waals surface area contributed by atoms with E-state index in [4.69, 9.17) is 0 Å². The van der Waals surface area contributed by atoms with Gasteiger partial charge in [0.1, 0.15) is 10.6 Å². The number of anilines is 1. The van der Waals surface area contributed by atoms with Crippen LogP contribution in [0.3, 0.4) is 0 Å². The predicted octanol–water partition coefficient (Wildman–Crippen LogP) is 1.49. The van der Waals surface area contributed by atoms with Gasteiger partial charge in [-0.25, -0.2) is 8.42 Å². The van der Waals surface area contributed by atoms with Gasteiger partial charge in [0.2, 0.25) is 5.91 Å². The summed E-state index contributed by atoms with van der Waals surface area (Å²) < 4.78 is 23.7. The van der Waals surface area contributed by atoms with E-state index < -0.39 is 20.4 Å². The summed E-state index contributed by atoms with van der Waals surface area (Å²) in [7, 11) is -3.71. The standard InChI is InChI=1S/C15H21N3O5S/c1-3-14(19)16-11-6-5-9-17(10-11)12-7-4-8-13(24(2,22)23)15(12)18(20)21/h4,7-8,11H,3,5-6,9-10H2,1-2H3,(H,16,19). The molecule has 0 aromatic heterocycles. The maximum absolute atomic E-state index is 11.9. The molecule has 1 amide bonds. The van der Waals surface area contributed by atoms with E-state index in [0.29, 0.717) is 19.5 Å². The van der Waals surface area contributed by atoms with Crippen molar-refractivity contribution >= 4 is 27.1 Å². The first-order valence-corrected chi connectivity index (χ1v) is 9.65. The number of nitrogens with zero attached hydrogens (tertiary/aromatic N) is 2. The van der Waals surface area contributed by atoms with Crippen LogP contribution < -0.4 is 10.2 Å². The van der Waals surface area contributed by atoms with Crippen LogP contribution in [0.25, 0.3) is 0 Å². The number of nitro groups is 1. The normalized spacial score (nSPS) is 18.2. The van der Waals surface area contributed by atoms with Gasteiger partial charge in [0.05, 0.1) is 4.92 Å². The Hall–Kier alpha value is -2.16. The summed E-state index contributed by atoms with van der Waals surface area (Å²) in [6.07, 6.45) is 2.89. The molecule has 1 aromatic carbocycles. The maximum Gasteiger partial charge on any atom is 0.311 e. The Balaban J connectivity index is 2.37. The minimum Gasteiger partial charge on any atom is -0.364 e. The second-order valence-electron chi connectivity index (χ2n) is 5.86. The molecule has 2 rings (SSSR count). The summed E-state index contributed by atoms with van der Waals surface area (Å²) in [6, 6.07) is 4.20. The summed E-state index contributed by atoms with van der Waals surface area (Å²) in [5.41, 5.74) is -0.124. The zero-order valence-electron chi connectivity index (χ0n) is 13.7. The van der Waals surface area contributed by atoms with Crippen LogP contribution in [0, 0.1) is 10.1 Å². The number of carbonyl (C=O) groups is 1. The molecule has 1 saturated heterocycles. The average molecular weight is 355 g/mol. The fourth-order valence-electron chi connectivity index (χ4n) is 2.89. The third-order valence-electron chi connectivity index (χ3n) is 4.01. The molecule has 0 aliphatic carbocycles. The second-order valence-corrected chi connectivity index (χ2v) is 7.84. The van der Waals surface area contributed by atoms with Crippen LogP contribution in [-0.4, -0.2) is 44.6 Å². The van der Waals surface area contributed by atoms with Crippen LogP contribution in [-0.2, 0) is 14.6 Å². The number of amides is 1. The lowest BCUT2D eigenvalue weighted by atomic mass is 10.0. The highest BCUT2D eigenvalue weighted by Crippen LogP contribution is 2.35. The number of piperidine rings is 1. The van der Waals surface area contributed by atoms with Crippen molar-refractivity contribution in [1.29, 1.82) is 0 Å². The number of benzene rings is 1. The van der Waals surface area contributed by atoms with E-state index in [0.717, 1.165) is 19.1 Å². The zero-order chi connectivity index (χ0) is 17.9. The van der Waals surface area contributed by atoms with E-state index in [1.807, 2.05) is 0 Å². The van der Waals surface area contributed by atoms with E-state index in [9.17, 15) is 23.3 Å². The Morgan fingerprint density at radius 1 is 1.46 bits per heavy atom. The SMILES string of the molecule is CCC(=O)NC1CCCN(c2cccc(S(C)(=O)=O)c2[N+](=O)[O-])C1. The van der Waals surface area contributed by atoms with Gasteiger partial charge in [-0.05, 0) is 25.0 Å². The summed E-state index contributed by atoms with van der Waals surface area (Å²) in [5, 5.41) is 14.4. The van der Waals surface area contributed by atoms with Crippen LogP contribution in [0.5, 0.6) is 0 Å². The molecule has 1 heterocycles. The van der Waals surface area contributed by atoms with Crippen molar-refractivity contribution < 1.29 is 18.1 Å². The molecule has 1 atom stereocenters. The van der Waals surface area contributed by atoms with Crippen molar-refractivity contribution in [3.05, 3.63) is 28.3 Å². The number of para-hydroxylation sites is 1. The molecule has 1 aliphatic rings. The number of rotatable bonds is 5. The minimum atomic E-state index is -3.71. The highest BCUT2D eigenvalue weighted by molar-refractivity contribution is 7.90. The predicted molar refractivity (Wildman–Crippen MR) is 89.9 cm³/mol. The molecule has 0 spiro atoms. The van der Waals surface area contributed by atoms with Crippen molar-refractivity contribution in [3.8, 4) is 0 Å². The number of nitrogens with one attached hydrogen (secondary N) is 1. The van der Waals surface area contributed by atoms with E-state index in [1.165, 1.54) is 12.1 Å². The van der Waals surface area contributed by atoms with E-state index >= 15 is 0 Å². The molecular weight excluding hydrogens is 334 g/mol. The first kappa shape index (κ1) is 18.2. The Morgan fingerprint density at radius 3 is 2.75 bits per heavy atom. The molecule has 8 nitrogen and oxygen atoms in total. The third kappa shape index (κ3) is 4.02. The van der Waals surface area contributed by atoms with Crippen molar-refractivity contribution in [1.82, 2.24) is 5.32 Å². The summed E-state index contributed by atoms with van der Waals surface area (Å²) in [6.45, 7) is 2.75. The van der Waals surface area contributed by atoms with E-state index in [1.54, 1.807) is 17.9 Å². The van der Waals surface area contributed by atoms with Crippen LogP contribution >= 0.6 is 0 Å². The molecule has 0 bridgehead atoms. The number of sulfone groups is 1. The van der Waals surface area contributed by atoms with E-state index in [2.05, 4.69) is 5.32 Å². The number of nitro benzene ring substituents is 1. The number of hydrogen-bond acceptors (Lipinski definition) is 6. The van der Waals surface area contributed by atoms with Gasteiger partial charge in [-0.15, -0.1) is 0 Å². The van der Waals surface area contributed by atoms with Crippen LogP contribution in [0.2, 0.25) is 0 Å². The molecule has 0 radical (unpaired) electrons. The lowest BCUT2D eigenvalue weighted by Gasteiger charge is -2.34. The fourth-order valence-corrected chi connectivity index (χ4v) is 3.75. The van der Waals surface area contributed by atoms with Gasteiger partial charge in [-0.2, -0.15) is 0 Å². The molecular formula is C15H21N3O5S. The fraction of sp³-hybridized carbons (Fsp3) is 0.533. The van der Waals surface area contributed by atoms with Gasteiger partial charge in [0.15, 0.2) is 9.84 Å². The molecule has 1 aromatic rings. The summed E-state index contributed by atoms with van der Waals surface area (Å²) >= 11 is 0. The van der Waals surface area contributed by atoms with Crippen LogP contribution in [0.4, 0.5) is 11.4 Å². The Labute approximate surface area is 140 Å². The molecule has 1 N–H and O–H groups in total. The summed E-state index contributed by atoms with van der Waals surface area (Å²) in [5.74, 6) is -0.0683. The minimum absolute atomic E-state index is 0.0683. The Bertz CT molecular complexity index is 747. The molecule has 1 fully saturated rings.